The quantitative estimate of drug-likeness (QED) is 0.611. The number of carboxylic acids is 1. The van der Waals surface area contributed by atoms with Gasteiger partial charge in [0.1, 0.15) is 12.3 Å². The van der Waals surface area contributed by atoms with Gasteiger partial charge in [0.25, 0.3) is 5.91 Å². The van der Waals surface area contributed by atoms with E-state index in [1.807, 2.05) is 30.3 Å². The first-order valence-corrected chi connectivity index (χ1v) is 9.35. The molecule has 0 atom stereocenters. The smallest absolute Gasteiger partial charge is 0.323 e. The molecule has 0 fully saturated rings. The van der Waals surface area contributed by atoms with E-state index in [0.29, 0.717) is 21.9 Å². The lowest BCUT2D eigenvalue weighted by molar-refractivity contribution is -0.137. The standard InChI is InChI=1S/C23H20ClNO4/c1-29-21-12-5-3-10-19(21)16-8-6-9-17(13-16)23(28)25(15-22(26)27)14-18-7-2-4-11-20(18)24/h2-13H,14-15H2,1H3,(H,26,27). The Bertz CT molecular complexity index is 1030. The zero-order valence-electron chi connectivity index (χ0n) is 15.8. The Morgan fingerprint density at radius 3 is 2.45 bits per heavy atom. The Morgan fingerprint density at radius 2 is 1.72 bits per heavy atom. The number of methoxy groups -OCH3 is 1. The molecule has 1 amide bonds. The van der Waals surface area contributed by atoms with Crippen molar-refractivity contribution in [2.75, 3.05) is 13.7 Å². The molecule has 5 nitrogen and oxygen atoms in total. The van der Waals surface area contributed by atoms with Crippen molar-refractivity contribution in [3.63, 3.8) is 0 Å². The summed E-state index contributed by atoms with van der Waals surface area (Å²) in [5, 5.41) is 9.77. The van der Waals surface area contributed by atoms with Crippen molar-refractivity contribution < 1.29 is 19.4 Å². The number of halogens is 1. The predicted molar refractivity (Wildman–Crippen MR) is 112 cm³/mol. The Morgan fingerprint density at radius 1 is 1.00 bits per heavy atom. The van der Waals surface area contributed by atoms with Crippen LogP contribution in [-0.4, -0.2) is 35.5 Å². The first-order valence-electron chi connectivity index (χ1n) is 8.97. The molecule has 0 radical (unpaired) electrons. The maximum Gasteiger partial charge on any atom is 0.323 e. The number of rotatable bonds is 7. The Hall–Kier alpha value is -3.31. The first-order chi connectivity index (χ1) is 14.0. The second-order valence-corrected chi connectivity index (χ2v) is 6.83. The molecule has 148 valence electrons. The monoisotopic (exact) mass is 409 g/mol. The molecule has 0 heterocycles. The second-order valence-electron chi connectivity index (χ2n) is 6.43. The summed E-state index contributed by atoms with van der Waals surface area (Å²) in [6, 6.07) is 21.6. The highest BCUT2D eigenvalue weighted by Crippen LogP contribution is 2.30. The van der Waals surface area contributed by atoms with E-state index in [-0.39, 0.29) is 12.5 Å². The van der Waals surface area contributed by atoms with Crippen molar-refractivity contribution in [3.8, 4) is 16.9 Å². The number of nitrogens with zero attached hydrogens (tertiary/aromatic N) is 1. The molecular formula is C23H20ClNO4. The van der Waals surface area contributed by atoms with Gasteiger partial charge in [0.2, 0.25) is 0 Å². The summed E-state index contributed by atoms with van der Waals surface area (Å²) in [5.74, 6) is -0.786. The van der Waals surface area contributed by atoms with E-state index in [1.54, 1.807) is 49.6 Å². The van der Waals surface area contributed by atoms with Crippen LogP contribution >= 0.6 is 11.6 Å². The maximum absolute atomic E-state index is 13.1. The van der Waals surface area contributed by atoms with Gasteiger partial charge in [-0.1, -0.05) is 60.1 Å². The second kappa shape index (κ2) is 9.26. The van der Waals surface area contributed by atoms with Crippen LogP contribution in [0, 0.1) is 0 Å². The van der Waals surface area contributed by atoms with Gasteiger partial charge in [-0.3, -0.25) is 9.59 Å². The maximum atomic E-state index is 13.1. The fourth-order valence-corrected chi connectivity index (χ4v) is 3.28. The van der Waals surface area contributed by atoms with Crippen LogP contribution in [-0.2, 0) is 11.3 Å². The number of aliphatic carboxylic acids is 1. The first kappa shape index (κ1) is 20.4. The minimum absolute atomic E-state index is 0.101. The summed E-state index contributed by atoms with van der Waals surface area (Å²) in [6.45, 7) is -0.327. The highest BCUT2D eigenvalue weighted by Gasteiger charge is 2.20. The van der Waals surface area contributed by atoms with Crippen LogP contribution in [0.1, 0.15) is 15.9 Å². The average molecular weight is 410 g/mol. The lowest BCUT2D eigenvalue weighted by atomic mass is 10.0. The lowest BCUT2D eigenvalue weighted by Gasteiger charge is -2.22. The highest BCUT2D eigenvalue weighted by atomic mass is 35.5. The van der Waals surface area contributed by atoms with E-state index in [4.69, 9.17) is 16.3 Å². The zero-order chi connectivity index (χ0) is 20.8. The highest BCUT2D eigenvalue weighted by molar-refractivity contribution is 6.31. The number of amides is 1. The van der Waals surface area contributed by atoms with E-state index in [1.165, 1.54) is 4.90 Å². The van der Waals surface area contributed by atoms with Crippen molar-refractivity contribution in [1.82, 2.24) is 4.90 Å². The van der Waals surface area contributed by atoms with Crippen molar-refractivity contribution in [2.24, 2.45) is 0 Å². The largest absolute Gasteiger partial charge is 0.496 e. The van der Waals surface area contributed by atoms with E-state index in [0.717, 1.165) is 11.1 Å². The fourth-order valence-electron chi connectivity index (χ4n) is 3.08. The van der Waals surface area contributed by atoms with Gasteiger partial charge in [0, 0.05) is 22.7 Å². The van der Waals surface area contributed by atoms with Crippen molar-refractivity contribution in [2.45, 2.75) is 6.54 Å². The summed E-state index contributed by atoms with van der Waals surface area (Å²) in [4.78, 5) is 25.7. The zero-order valence-corrected chi connectivity index (χ0v) is 16.6. The molecule has 29 heavy (non-hydrogen) atoms. The third kappa shape index (κ3) is 4.95. The fraction of sp³-hybridized carbons (Fsp3) is 0.130. The number of ether oxygens (including phenoxy) is 1. The molecule has 0 aliphatic carbocycles. The van der Waals surface area contributed by atoms with Crippen LogP contribution in [0.4, 0.5) is 0 Å². The average Bonchev–Trinajstić information content (AvgIpc) is 2.74. The van der Waals surface area contributed by atoms with Crippen molar-refractivity contribution in [1.29, 1.82) is 0 Å². The molecule has 0 aromatic heterocycles. The molecular weight excluding hydrogens is 390 g/mol. The van der Waals surface area contributed by atoms with Gasteiger partial charge in [0.05, 0.1) is 7.11 Å². The molecule has 0 saturated heterocycles. The van der Waals surface area contributed by atoms with Gasteiger partial charge >= 0.3 is 5.97 Å². The van der Waals surface area contributed by atoms with Gasteiger partial charge in [-0.15, -0.1) is 0 Å². The third-order valence-electron chi connectivity index (χ3n) is 4.46. The molecule has 3 aromatic rings. The summed E-state index contributed by atoms with van der Waals surface area (Å²) >= 11 is 6.19. The molecule has 0 unspecified atom stereocenters. The van der Waals surface area contributed by atoms with E-state index in [9.17, 15) is 14.7 Å². The van der Waals surface area contributed by atoms with Crippen molar-refractivity contribution >= 4 is 23.5 Å². The number of hydrogen-bond donors (Lipinski definition) is 1. The molecule has 1 N–H and O–H groups in total. The Balaban J connectivity index is 1.94. The van der Waals surface area contributed by atoms with Gasteiger partial charge in [-0.25, -0.2) is 0 Å². The molecule has 3 rings (SSSR count). The Labute approximate surface area is 174 Å². The van der Waals surface area contributed by atoms with Crippen molar-refractivity contribution in [3.05, 3.63) is 88.9 Å². The number of hydrogen-bond acceptors (Lipinski definition) is 3. The van der Waals surface area contributed by atoms with Crippen LogP contribution in [0.3, 0.4) is 0 Å². The van der Waals surface area contributed by atoms with E-state index in [2.05, 4.69) is 0 Å². The third-order valence-corrected chi connectivity index (χ3v) is 4.83. The predicted octanol–water partition coefficient (Wildman–Crippen LogP) is 4.74. The summed E-state index contributed by atoms with van der Waals surface area (Å²) < 4.78 is 5.40. The van der Waals surface area contributed by atoms with E-state index < -0.39 is 12.5 Å². The van der Waals surface area contributed by atoms with Gasteiger partial charge in [-0.2, -0.15) is 0 Å². The van der Waals surface area contributed by atoms with Crippen LogP contribution in [0.25, 0.3) is 11.1 Å². The van der Waals surface area contributed by atoms with Gasteiger partial charge in [0.15, 0.2) is 0 Å². The topological polar surface area (TPSA) is 66.8 Å². The molecule has 6 heteroatoms. The molecule has 3 aromatic carbocycles. The molecule has 0 aliphatic rings. The number of para-hydroxylation sites is 1. The minimum atomic E-state index is -1.09. The van der Waals surface area contributed by atoms with Crippen LogP contribution in [0.15, 0.2) is 72.8 Å². The number of benzene rings is 3. The van der Waals surface area contributed by atoms with Gasteiger partial charge < -0.3 is 14.7 Å². The van der Waals surface area contributed by atoms with Crippen LogP contribution in [0.2, 0.25) is 5.02 Å². The van der Waals surface area contributed by atoms with Crippen LogP contribution in [0.5, 0.6) is 5.75 Å². The minimum Gasteiger partial charge on any atom is -0.496 e. The summed E-state index contributed by atoms with van der Waals surface area (Å²) in [6.07, 6.45) is 0. The number of carbonyl (C=O) groups is 2. The normalized spacial score (nSPS) is 10.4. The number of carboxylic acid groups (broad SMARTS) is 1. The molecule has 0 bridgehead atoms. The summed E-state index contributed by atoms with van der Waals surface area (Å²) in [7, 11) is 1.59. The molecule has 0 spiro atoms. The Kier molecular flexibility index (Phi) is 6.52. The molecule has 0 aliphatic heterocycles. The molecule has 0 saturated carbocycles. The van der Waals surface area contributed by atoms with Crippen LogP contribution < -0.4 is 4.74 Å². The van der Waals surface area contributed by atoms with Gasteiger partial charge in [-0.05, 0) is 35.4 Å². The number of carbonyl (C=O) groups excluding carboxylic acids is 1. The summed E-state index contributed by atoms with van der Waals surface area (Å²) in [5.41, 5.74) is 2.73. The SMILES string of the molecule is COc1ccccc1-c1cccc(C(=O)N(CC(=O)O)Cc2ccccc2Cl)c1. The lowest BCUT2D eigenvalue weighted by Crippen LogP contribution is -2.35. The van der Waals surface area contributed by atoms with E-state index >= 15 is 0 Å².